The van der Waals surface area contributed by atoms with E-state index in [2.05, 4.69) is 10.7 Å². The van der Waals surface area contributed by atoms with Crippen molar-refractivity contribution >= 4 is 5.70 Å². The highest BCUT2D eigenvalue weighted by molar-refractivity contribution is 5.63. The van der Waals surface area contributed by atoms with E-state index >= 15 is 0 Å². The van der Waals surface area contributed by atoms with Gasteiger partial charge in [0.1, 0.15) is 24.1 Å². The summed E-state index contributed by atoms with van der Waals surface area (Å²) in [5.74, 6) is 1.32. The molecule has 0 aliphatic carbocycles. The van der Waals surface area contributed by atoms with Crippen LogP contribution in [-0.2, 0) is 4.74 Å². The summed E-state index contributed by atoms with van der Waals surface area (Å²) < 4.78 is 51.3. The van der Waals surface area contributed by atoms with Gasteiger partial charge in [0.25, 0.3) is 0 Å². The molecule has 3 unspecified atom stereocenters. The quantitative estimate of drug-likeness (QED) is 0.206. The van der Waals surface area contributed by atoms with Gasteiger partial charge in [0, 0.05) is 11.8 Å². The first-order valence-corrected chi connectivity index (χ1v) is 9.27. The van der Waals surface area contributed by atoms with Crippen molar-refractivity contribution in [1.29, 1.82) is 0 Å². The number of para-hydroxylation sites is 1. The highest BCUT2D eigenvalue weighted by Crippen LogP contribution is 2.25. The van der Waals surface area contributed by atoms with Crippen LogP contribution >= 0.6 is 0 Å². The summed E-state index contributed by atoms with van der Waals surface area (Å²) in [5.41, 5.74) is 2.01. The standard InChI is InChI=1S/C20H22F3N3O5/c21-12-6-10(7-13(22)16(12)23)14(26-24)8-25-17-18(28)15(9-27)31-20(19(17)29)30-11-4-2-1-3-5-11/h1-8,15,17-20,25-29H,9,24H2/b14-8-/t15?,17?,18-,19?,20-/m0/s1. The van der Waals surface area contributed by atoms with Gasteiger partial charge in [-0.05, 0) is 24.3 Å². The summed E-state index contributed by atoms with van der Waals surface area (Å²) in [6.45, 7) is -0.569. The third-order valence-electron chi connectivity index (χ3n) is 4.75. The number of hydrogen-bond acceptors (Lipinski definition) is 8. The molecule has 2 aromatic rings. The summed E-state index contributed by atoms with van der Waals surface area (Å²) in [5, 5.41) is 33.3. The lowest BCUT2D eigenvalue weighted by Crippen LogP contribution is -2.64. The van der Waals surface area contributed by atoms with Crippen LogP contribution in [0.3, 0.4) is 0 Å². The highest BCUT2D eigenvalue weighted by atomic mass is 19.2. The zero-order chi connectivity index (χ0) is 22.5. The third kappa shape index (κ3) is 5.09. The van der Waals surface area contributed by atoms with E-state index in [1.807, 2.05) is 0 Å². The molecule has 0 bridgehead atoms. The number of halogens is 3. The second kappa shape index (κ2) is 9.98. The average Bonchev–Trinajstić information content (AvgIpc) is 2.77. The number of rotatable bonds is 7. The van der Waals surface area contributed by atoms with Crippen LogP contribution < -0.4 is 21.3 Å². The Labute approximate surface area is 175 Å². The molecule has 168 valence electrons. The minimum Gasteiger partial charge on any atom is -0.462 e. The van der Waals surface area contributed by atoms with Crippen molar-refractivity contribution in [2.45, 2.75) is 30.6 Å². The fraction of sp³-hybridized carbons (Fsp3) is 0.300. The zero-order valence-corrected chi connectivity index (χ0v) is 16.1. The van der Waals surface area contributed by atoms with Gasteiger partial charge in [-0.2, -0.15) is 0 Å². The summed E-state index contributed by atoms with van der Waals surface area (Å²) in [7, 11) is 0. The normalized spacial score (nSPS) is 26.4. The largest absolute Gasteiger partial charge is 0.462 e. The molecule has 0 spiro atoms. The molecule has 0 amide bonds. The van der Waals surface area contributed by atoms with E-state index < -0.39 is 54.7 Å². The Morgan fingerprint density at radius 3 is 2.32 bits per heavy atom. The number of nitrogens with one attached hydrogen (secondary N) is 2. The van der Waals surface area contributed by atoms with Gasteiger partial charge in [-0.25, -0.2) is 13.2 Å². The van der Waals surface area contributed by atoms with Crippen LogP contribution in [0.5, 0.6) is 5.75 Å². The van der Waals surface area contributed by atoms with Crippen molar-refractivity contribution in [3.05, 3.63) is 71.7 Å². The van der Waals surface area contributed by atoms with Gasteiger partial charge in [-0.15, -0.1) is 0 Å². The van der Waals surface area contributed by atoms with Crippen molar-refractivity contribution in [3.8, 4) is 5.75 Å². The Kier molecular flexibility index (Phi) is 7.36. The maximum absolute atomic E-state index is 13.5. The van der Waals surface area contributed by atoms with E-state index in [9.17, 15) is 28.5 Å². The second-order valence-corrected chi connectivity index (χ2v) is 6.79. The molecule has 8 nitrogen and oxygen atoms in total. The van der Waals surface area contributed by atoms with Gasteiger partial charge in [0.05, 0.1) is 18.3 Å². The molecule has 3 rings (SSSR count). The zero-order valence-electron chi connectivity index (χ0n) is 16.1. The van der Waals surface area contributed by atoms with E-state index in [1.165, 1.54) is 0 Å². The fourth-order valence-electron chi connectivity index (χ4n) is 3.11. The summed E-state index contributed by atoms with van der Waals surface area (Å²) in [4.78, 5) is 0. The van der Waals surface area contributed by atoms with Crippen LogP contribution in [0.1, 0.15) is 5.56 Å². The number of aliphatic hydroxyl groups excluding tert-OH is 3. The van der Waals surface area contributed by atoms with Crippen LogP contribution in [0.15, 0.2) is 48.7 Å². The topological polar surface area (TPSA) is 129 Å². The average molecular weight is 441 g/mol. The molecule has 1 aliphatic heterocycles. The highest BCUT2D eigenvalue weighted by Gasteiger charge is 2.45. The molecule has 1 aliphatic rings. The Bertz CT molecular complexity index is 895. The van der Waals surface area contributed by atoms with Crippen molar-refractivity contribution < 1.29 is 38.0 Å². The Morgan fingerprint density at radius 1 is 1.10 bits per heavy atom. The van der Waals surface area contributed by atoms with Gasteiger partial charge < -0.3 is 35.5 Å². The number of benzene rings is 2. The smallest absolute Gasteiger partial charge is 0.228 e. The third-order valence-corrected chi connectivity index (χ3v) is 4.75. The first kappa shape index (κ1) is 22.8. The summed E-state index contributed by atoms with van der Waals surface area (Å²) in [6.07, 6.45) is -4.01. The molecular weight excluding hydrogens is 419 g/mol. The number of hydrogen-bond donors (Lipinski definition) is 6. The Hall–Kier alpha value is -2.83. The monoisotopic (exact) mass is 441 g/mol. The SMILES string of the molecule is NN/C(=C\NC1C(O)[C@@H](Oc2ccccc2)OC(CO)[C@@H]1O)c1cc(F)c(F)c(F)c1. The lowest BCUT2D eigenvalue weighted by atomic mass is 9.96. The number of nitrogens with two attached hydrogens (primary N) is 1. The summed E-state index contributed by atoms with van der Waals surface area (Å²) >= 11 is 0. The fourth-order valence-corrected chi connectivity index (χ4v) is 3.11. The van der Waals surface area contributed by atoms with Crippen LogP contribution in [0.2, 0.25) is 0 Å². The van der Waals surface area contributed by atoms with E-state index in [0.29, 0.717) is 5.75 Å². The first-order chi connectivity index (χ1) is 14.8. The lowest BCUT2D eigenvalue weighted by molar-refractivity contribution is -0.250. The molecule has 0 saturated carbocycles. The molecule has 1 saturated heterocycles. The van der Waals surface area contributed by atoms with E-state index in [0.717, 1.165) is 18.3 Å². The minimum atomic E-state index is -1.63. The first-order valence-electron chi connectivity index (χ1n) is 9.27. The molecule has 2 aromatic carbocycles. The molecule has 1 fully saturated rings. The van der Waals surface area contributed by atoms with Gasteiger partial charge in [0.2, 0.25) is 6.29 Å². The van der Waals surface area contributed by atoms with Crippen LogP contribution in [0.4, 0.5) is 13.2 Å². The molecule has 0 radical (unpaired) electrons. The van der Waals surface area contributed by atoms with E-state index in [-0.39, 0.29) is 11.3 Å². The molecule has 1 heterocycles. The second-order valence-electron chi connectivity index (χ2n) is 6.79. The van der Waals surface area contributed by atoms with Crippen LogP contribution in [-0.4, -0.2) is 52.6 Å². The molecule has 7 N–H and O–H groups in total. The maximum atomic E-state index is 13.5. The predicted octanol–water partition coefficient (Wildman–Crippen LogP) is 0.342. The van der Waals surface area contributed by atoms with Crippen LogP contribution in [0, 0.1) is 17.5 Å². The molecule has 0 aromatic heterocycles. The van der Waals surface area contributed by atoms with Crippen molar-refractivity contribution in [2.75, 3.05) is 6.61 Å². The molecule has 31 heavy (non-hydrogen) atoms. The van der Waals surface area contributed by atoms with Gasteiger partial charge in [-0.3, -0.25) is 5.84 Å². The van der Waals surface area contributed by atoms with Crippen molar-refractivity contribution in [3.63, 3.8) is 0 Å². The maximum Gasteiger partial charge on any atom is 0.228 e. The van der Waals surface area contributed by atoms with E-state index in [4.69, 9.17) is 15.3 Å². The van der Waals surface area contributed by atoms with Crippen molar-refractivity contribution in [1.82, 2.24) is 10.7 Å². The number of ether oxygens (including phenoxy) is 2. The Morgan fingerprint density at radius 2 is 1.74 bits per heavy atom. The summed E-state index contributed by atoms with van der Waals surface area (Å²) in [6, 6.07) is 8.77. The van der Waals surface area contributed by atoms with Crippen LogP contribution in [0.25, 0.3) is 5.70 Å². The van der Waals surface area contributed by atoms with Gasteiger partial charge in [0.15, 0.2) is 17.5 Å². The predicted molar refractivity (Wildman–Crippen MR) is 103 cm³/mol. The molecule has 5 atom stereocenters. The number of hydrazine groups is 1. The molecule has 11 heteroatoms. The van der Waals surface area contributed by atoms with Gasteiger partial charge in [-0.1, -0.05) is 18.2 Å². The molecular formula is C20H22F3N3O5. The Balaban J connectivity index is 1.82. The van der Waals surface area contributed by atoms with E-state index in [1.54, 1.807) is 30.3 Å². The minimum absolute atomic E-state index is 0.0650. The van der Waals surface area contributed by atoms with Gasteiger partial charge >= 0.3 is 0 Å². The number of aliphatic hydroxyl groups is 3. The lowest BCUT2D eigenvalue weighted by Gasteiger charge is -2.42. The van der Waals surface area contributed by atoms with Crippen molar-refractivity contribution in [2.24, 2.45) is 5.84 Å².